The van der Waals surface area contributed by atoms with E-state index in [-0.39, 0.29) is 11.9 Å². The van der Waals surface area contributed by atoms with Crippen LogP contribution in [0, 0.1) is 0 Å². The Balaban J connectivity index is 1.39. The van der Waals surface area contributed by atoms with Crippen molar-refractivity contribution in [3.8, 4) is 10.4 Å². The number of aromatic nitrogens is 2. The number of thiophene rings is 1. The van der Waals surface area contributed by atoms with Gasteiger partial charge in [-0.2, -0.15) is 17.5 Å². The van der Waals surface area contributed by atoms with E-state index in [0.717, 1.165) is 50.0 Å². The lowest BCUT2D eigenvalue weighted by molar-refractivity contribution is -0.137. The molecule has 0 bridgehead atoms. The zero-order valence-electron chi connectivity index (χ0n) is 17.2. The van der Waals surface area contributed by atoms with Gasteiger partial charge in [-0.3, -0.25) is 15.0 Å². The van der Waals surface area contributed by atoms with E-state index in [0.29, 0.717) is 33.4 Å². The number of morpholine rings is 1. The number of halogens is 3. The normalized spacial score (nSPS) is 16.1. The highest BCUT2D eigenvalue weighted by molar-refractivity contribution is 7.14. The van der Waals surface area contributed by atoms with Crippen molar-refractivity contribution in [2.45, 2.75) is 25.6 Å². The molecule has 1 amide bonds. The Hall–Kier alpha value is -2.34. The van der Waals surface area contributed by atoms with Crippen molar-refractivity contribution < 1.29 is 22.7 Å². The molecule has 1 fully saturated rings. The lowest BCUT2D eigenvalue weighted by Gasteiger charge is -2.31. The summed E-state index contributed by atoms with van der Waals surface area (Å²) < 4.78 is 48.6. The fraction of sp³-hybridized carbons (Fsp3) is 0.381. The number of hydrogen-bond donors (Lipinski definition) is 1. The maximum atomic E-state index is 13.0. The van der Waals surface area contributed by atoms with E-state index in [1.54, 1.807) is 17.5 Å². The van der Waals surface area contributed by atoms with E-state index < -0.39 is 11.7 Å². The van der Waals surface area contributed by atoms with Gasteiger partial charge in [-0.05, 0) is 30.7 Å². The molecule has 1 aliphatic heterocycles. The first-order valence-electron chi connectivity index (χ1n) is 10.0. The van der Waals surface area contributed by atoms with Gasteiger partial charge in [0.15, 0.2) is 0 Å². The lowest BCUT2D eigenvalue weighted by atomic mass is 10.1. The number of amides is 1. The van der Waals surface area contributed by atoms with Crippen LogP contribution in [0.15, 0.2) is 35.7 Å². The van der Waals surface area contributed by atoms with Crippen LogP contribution in [0.4, 0.5) is 18.3 Å². The van der Waals surface area contributed by atoms with E-state index in [2.05, 4.69) is 26.5 Å². The number of nitrogens with one attached hydrogen (secondary N) is 1. The average molecular weight is 483 g/mol. The fourth-order valence-corrected chi connectivity index (χ4v) is 4.90. The molecule has 4 rings (SSSR count). The topological polar surface area (TPSA) is 67.4 Å². The molecule has 11 heteroatoms. The number of nitrogens with zero attached hydrogens (tertiary/aromatic N) is 3. The highest BCUT2D eigenvalue weighted by atomic mass is 32.1. The Morgan fingerprint density at radius 1 is 1.28 bits per heavy atom. The number of ether oxygens (including phenoxy) is 1. The summed E-state index contributed by atoms with van der Waals surface area (Å²) in [5, 5.41) is 4.74. The smallest absolute Gasteiger partial charge is 0.379 e. The predicted octanol–water partition coefficient (Wildman–Crippen LogP) is 4.80. The van der Waals surface area contributed by atoms with Crippen LogP contribution in [0.1, 0.15) is 28.7 Å². The molecule has 1 saturated heterocycles. The molecule has 32 heavy (non-hydrogen) atoms. The van der Waals surface area contributed by atoms with Gasteiger partial charge in [-0.25, -0.2) is 4.98 Å². The van der Waals surface area contributed by atoms with Gasteiger partial charge < -0.3 is 4.74 Å². The van der Waals surface area contributed by atoms with Crippen molar-refractivity contribution in [2.75, 3.05) is 31.6 Å². The van der Waals surface area contributed by atoms with Crippen molar-refractivity contribution in [1.82, 2.24) is 14.3 Å². The summed E-state index contributed by atoms with van der Waals surface area (Å²) >= 11 is 2.32. The Morgan fingerprint density at radius 2 is 2.06 bits per heavy atom. The summed E-state index contributed by atoms with van der Waals surface area (Å²) in [7, 11) is 0. The van der Waals surface area contributed by atoms with Gasteiger partial charge >= 0.3 is 6.18 Å². The van der Waals surface area contributed by atoms with Crippen molar-refractivity contribution >= 4 is 33.9 Å². The molecular weight excluding hydrogens is 461 g/mol. The lowest BCUT2D eigenvalue weighted by Crippen LogP contribution is -2.43. The first-order valence-corrected chi connectivity index (χ1v) is 11.7. The van der Waals surface area contributed by atoms with Crippen LogP contribution in [0.5, 0.6) is 0 Å². The molecule has 170 valence electrons. The van der Waals surface area contributed by atoms with E-state index in [9.17, 15) is 18.0 Å². The molecular formula is C21H21F3N4O2S2. The molecule has 3 heterocycles. The summed E-state index contributed by atoms with van der Waals surface area (Å²) in [5.41, 5.74) is 0.0575. The molecule has 1 N–H and O–H groups in total. The predicted molar refractivity (Wildman–Crippen MR) is 118 cm³/mol. The van der Waals surface area contributed by atoms with Crippen LogP contribution in [-0.4, -0.2) is 52.5 Å². The number of anilines is 1. The van der Waals surface area contributed by atoms with Gasteiger partial charge in [-0.1, -0.05) is 12.1 Å². The van der Waals surface area contributed by atoms with Gasteiger partial charge in [0.1, 0.15) is 5.82 Å². The minimum atomic E-state index is -4.41. The minimum absolute atomic E-state index is 0.268. The summed E-state index contributed by atoms with van der Waals surface area (Å²) in [5.74, 6) is 0.294. The van der Waals surface area contributed by atoms with Crippen LogP contribution >= 0.6 is 22.9 Å². The summed E-state index contributed by atoms with van der Waals surface area (Å²) in [6, 6.07) is 6.91. The average Bonchev–Trinajstić information content (AvgIpc) is 3.44. The summed E-state index contributed by atoms with van der Waals surface area (Å²) in [6.45, 7) is 5.31. The molecule has 1 aliphatic rings. The third kappa shape index (κ3) is 5.52. The minimum Gasteiger partial charge on any atom is -0.379 e. The summed E-state index contributed by atoms with van der Waals surface area (Å²) in [6.07, 6.45) is -3.74. The molecule has 2 aromatic heterocycles. The zero-order valence-corrected chi connectivity index (χ0v) is 18.8. The van der Waals surface area contributed by atoms with Crippen LogP contribution in [0.2, 0.25) is 0 Å². The highest BCUT2D eigenvalue weighted by Crippen LogP contribution is 2.34. The molecule has 3 aromatic rings. The van der Waals surface area contributed by atoms with Crippen molar-refractivity contribution in [2.24, 2.45) is 0 Å². The number of carbonyl (C=O) groups excluding carboxylic acids is 1. The molecule has 1 aromatic carbocycles. The number of benzene rings is 1. The zero-order chi connectivity index (χ0) is 22.7. The van der Waals surface area contributed by atoms with E-state index in [4.69, 9.17) is 4.74 Å². The third-order valence-corrected chi connectivity index (χ3v) is 6.82. The fourth-order valence-electron chi connectivity index (χ4n) is 3.42. The molecule has 0 aliphatic carbocycles. The van der Waals surface area contributed by atoms with Crippen molar-refractivity contribution in [3.63, 3.8) is 0 Å². The Kier molecular flexibility index (Phi) is 6.89. The van der Waals surface area contributed by atoms with E-state index >= 15 is 0 Å². The summed E-state index contributed by atoms with van der Waals surface area (Å²) in [4.78, 5) is 19.9. The van der Waals surface area contributed by atoms with E-state index in [1.165, 1.54) is 17.4 Å². The van der Waals surface area contributed by atoms with Crippen LogP contribution in [0.25, 0.3) is 10.4 Å². The number of hydrogen-bond acceptors (Lipinski definition) is 7. The second-order valence-electron chi connectivity index (χ2n) is 7.45. The largest absolute Gasteiger partial charge is 0.416 e. The quantitative estimate of drug-likeness (QED) is 0.547. The Morgan fingerprint density at radius 3 is 2.81 bits per heavy atom. The number of alkyl halides is 3. The molecule has 0 saturated carbocycles. The van der Waals surface area contributed by atoms with Gasteiger partial charge in [-0.15, -0.1) is 11.3 Å². The first-order chi connectivity index (χ1) is 15.3. The maximum absolute atomic E-state index is 13.0. The SMILES string of the molecule is CC(Cc1nsc(NC(=O)c2csc(-c3cccc(C(F)(F)F)c3)c2)n1)N1CCOCC1. The standard InChI is InChI=1S/C21H21F3N4O2S2/c1-13(28-5-7-30-8-6-28)9-18-25-20(32-27-18)26-19(29)15-11-17(31-12-15)14-3-2-4-16(10-14)21(22,23)24/h2-4,10-13H,5-9H2,1H3,(H,25,26,27,29). The van der Waals surface area contributed by atoms with Gasteiger partial charge in [0, 0.05) is 47.3 Å². The number of rotatable bonds is 6. The Labute approximate surface area is 191 Å². The maximum Gasteiger partial charge on any atom is 0.416 e. The third-order valence-electron chi connectivity index (χ3n) is 5.17. The monoisotopic (exact) mass is 482 g/mol. The van der Waals surface area contributed by atoms with Gasteiger partial charge in [0.2, 0.25) is 5.13 Å². The second kappa shape index (κ2) is 9.65. The van der Waals surface area contributed by atoms with Gasteiger partial charge in [0.25, 0.3) is 5.91 Å². The molecule has 0 radical (unpaired) electrons. The van der Waals surface area contributed by atoms with Crippen LogP contribution in [0.3, 0.4) is 0 Å². The molecule has 0 spiro atoms. The highest BCUT2D eigenvalue weighted by Gasteiger charge is 2.30. The van der Waals surface area contributed by atoms with Gasteiger partial charge in [0.05, 0.1) is 24.3 Å². The first kappa shape index (κ1) is 22.8. The van der Waals surface area contributed by atoms with Crippen molar-refractivity contribution in [1.29, 1.82) is 0 Å². The number of carbonyl (C=O) groups is 1. The van der Waals surface area contributed by atoms with E-state index in [1.807, 2.05) is 0 Å². The second-order valence-corrected chi connectivity index (χ2v) is 9.11. The molecule has 1 unspecified atom stereocenters. The van der Waals surface area contributed by atoms with Crippen molar-refractivity contribution in [3.05, 3.63) is 52.7 Å². The van der Waals surface area contributed by atoms with Crippen LogP contribution in [-0.2, 0) is 17.3 Å². The Bertz CT molecular complexity index is 1080. The molecule has 1 atom stereocenters. The molecule has 6 nitrogen and oxygen atoms in total. The van der Waals surface area contributed by atoms with Crippen LogP contribution < -0.4 is 5.32 Å².